The monoisotopic (exact) mass is 512 g/mol. The molecule has 5 rings (SSSR count). The zero-order chi connectivity index (χ0) is 26.0. The van der Waals surface area contributed by atoms with E-state index in [0.717, 1.165) is 5.69 Å². The summed E-state index contributed by atoms with van der Waals surface area (Å²) in [5.74, 6) is -1.36. The number of hydrogen-bond acceptors (Lipinski definition) is 5. The van der Waals surface area contributed by atoms with Gasteiger partial charge in [0.05, 0.1) is 35.9 Å². The minimum Gasteiger partial charge on any atom is -0.395 e. The Kier molecular flexibility index (Phi) is 5.53. The molecule has 1 aliphatic heterocycles. The van der Waals surface area contributed by atoms with Gasteiger partial charge in [0.2, 0.25) is 5.91 Å². The highest BCUT2D eigenvalue weighted by molar-refractivity contribution is 6.02. The molecular formula is C26H35F3N2O5. The summed E-state index contributed by atoms with van der Waals surface area (Å²) in [6.07, 6.45) is -3.82. The van der Waals surface area contributed by atoms with Crippen LogP contribution in [0.2, 0.25) is 0 Å². The van der Waals surface area contributed by atoms with Gasteiger partial charge in [-0.05, 0) is 42.7 Å². The molecule has 7 nitrogen and oxygen atoms in total. The first-order valence-corrected chi connectivity index (χ1v) is 11.7. The molecule has 2 heterocycles. The molecule has 2 aliphatic rings. The molecule has 3 N–H and O–H groups in total. The average molecular weight is 513 g/mol. The largest absolute Gasteiger partial charge is 0.586 e. The molecule has 1 aliphatic carbocycles. The third-order valence-corrected chi connectivity index (χ3v) is 6.75. The molecule has 1 aromatic heterocycles. The Balaban J connectivity index is 0.00000200. The number of fused-ring (bicyclic) bond motifs is 2. The van der Waals surface area contributed by atoms with E-state index < -0.39 is 36.1 Å². The van der Waals surface area contributed by atoms with Gasteiger partial charge in [0, 0.05) is 28.3 Å². The number of aromatic nitrogens is 1. The lowest BCUT2D eigenvalue weighted by atomic mass is 9.92. The van der Waals surface area contributed by atoms with Crippen LogP contribution in [0.1, 0.15) is 50.6 Å². The minimum atomic E-state index is -3.76. The van der Waals surface area contributed by atoms with Gasteiger partial charge in [-0.25, -0.2) is 4.39 Å². The summed E-state index contributed by atoms with van der Waals surface area (Å²) in [5, 5.41) is 22.7. The highest BCUT2D eigenvalue weighted by atomic mass is 19.3. The highest BCUT2D eigenvalue weighted by Crippen LogP contribution is 2.52. The van der Waals surface area contributed by atoms with Crippen molar-refractivity contribution in [2.45, 2.75) is 63.4 Å². The van der Waals surface area contributed by atoms with Crippen molar-refractivity contribution >= 4 is 22.5 Å². The molecule has 1 amide bonds. The number of nitrogens with one attached hydrogen (secondary N) is 1. The number of amides is 1. The lowest BCUT2D eigenvalue weighted by molar-refractivity contribution is -0.286. The molecule has 0 saturated heterocycles. The van der Waals surface area contributed by atoms with Gasteiger partial charge < -0.3 is 29.6 Å². The van der Waals surface area contributed by atoms with E-state index in [1.807, 2.05) is 26.8 Å². The van der Waals surface area contributed by atoms with Crippen molar-refractivity contribution in [1.29, 1.82) is 0 Å². The first kappa shape index (κ1) is 24.5. The van der Waals surface area contributed by atoms with E-state index in [9.17, 15) is 23.8 Å². The van der Waals surface area contributed by atoms with Gasteiger partial charge in [-0.2, -0.15) is 0 Å². The summed E-state index contributed by atoms with van der Waals surface area (Å²) in [4.78, 5) is 13.3. The van der Waals surface area contributed by atoms with Gasteiger partial charge in [-0.3, -0.25) is 4.79 Å². The minimum absolute atomic E-state index is 0. The number of hydrogen-bond donors (Lipinski definition) is 3. The number of rotatable bonds is 6. The third-order valence-electron chi connectivity index (χ3n) is 6.75. The van der Waals surface area contributed by atoms with Crippen molar-refractivity contribution in [3.8, 4) is 11.5 Å². The maximum atomic E-state index is 15.2. The fourth-order valence-corrected chi connectivity index (χ4v) is 4.73. The van der Waals surface area contributed by atoms with Gasteiger partial charge in [0.25, 0.3) is 0 Å². The van der Waals surface area contributed by atoms with Crippen molar-refractivity contribution in [2.24, 2.45) is 0 Å². The highest BCUT2D eigenvalue weighted by Gasteiger charge is 2.53. The van der Waals surface area contributed by atoms with Crippen molar-refractivity contribution < 1.29 is 43.4 Å². The zero-order valence-electron chi connectivity index (χ0n) is 20.1. The fourth-order valence-electron chi connectivity index (χ4n) is 4.73. The van der Waals surface area contributed by atoms with Gasteiger partial charge >= 0.3 is 6.29 Å². The van der Waals surface area contributed by atoms with Crippen LogP contribution in [0.3, 0.4) is 0 Å². The van der Waals surface area contributed by atoms with E-state index in [-0.39, 0.29) is 34.9 Å². The summed E-state index contributed by atoms with van der Waals surface area (Å²) >= 11 is 0. The fraction of sp³-hybridized carbons (Fsp3) is 0.423. The predicted octanol–water partition coefficient (Wildman–Crippen LogP) is 5.41. The van der Waals surface area contributed by atoms with Crippen LogP contribution in [0.5, 0.6) is 11.5 Å². The molecule has 2 aromatic carbocycles. The van der Waals surface area contributed by atoms with Gasteiger partial charge in [0.1, 0.15) is 5.82 Å². The first-order valence-electron chi connectivity index (χ1n) is 11.7. The van der Waals surface area contributed by atoms with Crippen LogP contribution in [0.4, 0.5) is 18.9 Å². The second kappa shape index (κ2) is 8.14. The summed E-state index contributed by atoms with van der Waals surface area (Å²) in [5.41, 5.74) is 0.532. The molecule has 200 valence electrons. The van der Waals surface area contributed by atoms with Crippen LogP contribution in [-0.2, 0) is 22.2 Å². The van der Waals surface area contributed by atoms with Gasteiger partial charge in [0.15, 0.2) is 11.5 Å². The number of anilines is 1. The molecule has 1 fully saturated rings. The Bertz CT molecular complexity index is 1380. The summed E-state index contributed by atoms with van der Waals surface area (Å²) in [7, 11) is 0. The molecule has 36 heavy (non-hydrogen) atoms. The van der Waals surface area contributed by atoms with E-state index in [2.05, 4.69) is 14.8 Å². The van der Waals surface area contributed by atoms with Crippen LogP contribution in [-0.4, -0.2) is 39.7 Å². The second-order valence-electron chi connectivity index (χ2n) is 10.5. The molecule has 10 heteroatoms. The molecule has 0 radical (unpaired) electrons. The standard InChI is InChI=1S/C26H27F3N2O5.4H2/c1-24(2,3)22-9-14-8-18(17(27)11-19(14)31(22)12-16(33)13-32)30-23(34)25(6-7-25)15-4-5-20-21(10-15)36-26(28,29)35-20;;;;/h4-5,8-11,16,32-33H,6-7,12-13H2,1-3H3,(H,30,34);4*1H/t16-;;;;/m0..../s1. The topological polar surface area (TPSA) is 93.0 Å². The third kappa shape index (κ3) is 4.18. The van der Waals surface area contributed by atoms with E-state index in [1.54, 1.807) is 4.57 Å². The lowest BCUT2D eigenvalue weighted by Crippen LogP contribution is -2.28. The average Bonchev–Trinajstić information content (AvgIpc) is 3.44. The van der Waals surface area contributed by atoms with Crippen LogP contribution >= 0.6 is 0 Å². The zero-order valence-corrected chi connectivity index (χ0v) is 20.1. The number of carbonyl (C=O) groups is 1. The summed E-state index contributed by atoms with van der Waals surface area (Å²) in [6, 6.07) is 8.95. The Morgan fingerprint density at radius 1 is 1.17 bits per heavy atom. The molecule has 0 bridgehead atoms. The van der Waals surface area contributed by atoms with Crippen LogP contribution < -0.4 is 14.8 Å². The Morgan fingerprint density at radius 3 is 2.50 bits per heavy atom. The Hall–Kier alpha value is -3.24. The van der Waals surface area contributed by atoms with Crippen LogP contribution in [0.15, 0.2) is 36.4 Å². The van der Waals surface area contributed by atoms with Crippen LogP contribution in [0.25, 0.3) is 10.9 Å². The van der Waals surface area contributed by atoms with Crippen molar-refractivity contribution in [2.75, 3.05) is 11.9 Å². The number of ether oxygens (including phenoxy) is 2. The van der Waals surface area contributed by atoms with E-state index in [0.29, 0.717) is 29.3 Å². The Morgan fingerprint density at radius 2 is 1.86 bits per heavy atom. The molecule has 1 atom stereocenters. The molecule has 3 aromatic rings. The van der Waals surface area contributed by atoms with Crippen LogP contribution in [0, 0.1) is 5.82 Å². The first-order chi connectivity index (χ1) is 16.8. The normalized spacial score (nSPS) is 18.3. The predicted molar refractivity (Wildman–Crippen MR) is 134 cm³/mol. The molecule has 0 unspecified atom stereocenters. The lowest BCUT2D eigenvalue weighted by Gasteiger charge is -2.23. The Labute approximate surface area is 211 Å². The number of benzene rings is 2. The quantitative estimate of drug-likeness (QED) is 0.411. The summed E-state index contributed by atoms with van der Waals surface area (Å²) in [6.45, 7) is 5.62. The number of nitrogens with zero attached hydrogens (tertiary/aromatic N) is 1. The van der Waals surface area contributed by atoms with Crippen molar-refractivity contribution in [3.63, 3.8) is 0 Å². The number of carbonyl (C=O) groups excluding carboxylic acids is 1. The van der Waals surface area contributed by atoms with Crippen molar-refractivity contribution in [1.82, 2.24) is 4.57 Å². The number of aliphatic hydroxyl groups excluding tert-OH is 2. The SMILES string of the molecule is CC(C)(C)c1cc2cc(NC(=O)C3(c4ccc5c(c4)OC(F)(F)O5)CC3)c(F)cc2n1C[C@H](O)CO.[HH].[HH].[HH].[HH]. The number of halogens is 3. The maximum Gasteiger partial charge on any atom is 0.586 e. The number of alkyl halides is 2. The second-order valence-corrected chi connectivity index (χ2v) is 10.5. The molecular weight excluding hydrogens is 477 g/mol. The van der Waals surface area contributed by atoms with Gasteiger partial charge in [-0.1, -0.05) is 26.8 Å². The maximum absolute atomic E-state index is 15.2. The van der Waals surface area contributed by atoms with Gasteiger partial charge in [-0.15, -0.1) is 8.78 Å². The van der Waals surface area contributed by atoms with E-state index in [1.165, 1.54) is 30.3 Å². The summed E-state index contributed by atoms with van der Waals surface area (Å²) < 4.78 is 52.7. The smallest absolute Gasteiger partial charge is 0.395 e. The van der Waals surface area contributed by atoms with E-state index >= 15 is 4.39 Å². The molecule has 1 saturated carbocycles. The van der Waals surface area contributed by atoms with Crippen molar-refractivity contribution in [3.05, 3.63) is 53.5 Å². The number of aliphatic hydroxyl groups is 2. The van der Waals surface area contributed by atoms with E-state index in [4.69, 9.17) is 0 Å². The molecule has 0 spiro atoms.